The third-order valence-electron chi connectivity index (χ3n) is 5.81. The largest absolute Gasteiger partial charge is 0.377 e. The molecule has 28 heavy (non-hydrogen) atoms. The Balaban J connectivity index is 1.26. The number of nitrogens with zero attached hydrogens (tertiary/aromatic N) is 3. The van der Waals surface area contributed by atoms with Crippen LogP contribution in [0, 0.1) is 0 Å². The highest BCUT2D eigenvalue weighted by Gasteiger charge is 2.26. The van der Waals surface area contributed by atoms with Gasteiger partial charge in [0.15, 0.2) is 0 Å². The van der Waals surface area contributed by atoms with Crippen LogP contribution in [0.4, 0.5) is 5.82 Å². The number of carbonyl (C=O) groups excluding carboxylic acids is 1. The van der Waals surface area contributed by atoms with Crippen LogP contribution in [-0.2, 0) is 16.0 Å². The monoisotopic (exact) mass is 382 g/mol. The maximum atomic E-state index is 12.4. The molecule has 0 unspecified atom stereocenters. The summed E-state index contributed by atoms with van der Waals surface area (Å²) in [6.07, 6.45) is 7.94. The number of rotatable bonds is 7. The zero-order valence-corrected chi connectivity index (χ0v) is 16.4. The maximum absolute atomic E-state index is 12.4. The first-order valence-corrected chi connectivity index (χ1v) is 10.5. The van der Waals surface area contributed by atoms with Gasteiger partial charge in [0.2, 0.25) is 5.91 Å². The SMILES string of the molecule is O=C(CCc1ccccc1)Nc1ccnn1C1CCN(C[C@H]2CCCO2)CC1. The predicted octanol–water partition coefficient (Wildman–Crippen LogP) is 3.27. The van der Waals surface area contributed by atoms with Crippen molar-refractivity contribution in [2.24, 2.45) is 0 Å². The molecule has 1 N–H and O–H groups in total. The van der Waals surface area contributed by atoms with Crippen molar-refractivity contribution in [3.05, 3.63) is 48.2 Å². The molecule has 2 fully saturated rings. The number of amides is 1. The molecule has 6 heteroatoms. The Labute approximate surface area is 166 Å². The Bertz CT molecular complexity index is 747. The van der Waals surface area contributed by atoms with Crippen LogP contribution in [0.5, 0.6) is 0 Å². The molecule has 2 aromatic rings. The summed E-state index contributed by atoms with van der Waals surface area (Å²) in [5, 5.41) is 7.55. The Kier molecular flexibility index (Phi) is 6.39. The molecule has 6 nitrogen and oxygen atoms in total. The van der Waals surface area contributed by atoms with Crippen molar-refractivity contribution in [3.8, 4) is 0 Å². The van der Waals surface area contributed by atoms with Crippen molar-refractivity contribution >= 4 is 11.7 Å². The van der Waals surface area contributed by atoms with E-state index < -0.39 is 0 Å². The summed E-state index contributed by atoms with van der Waals surface area (Å²) in [6, 6.07) is 12.4. The van der Waals surface area contributed by atoms with Gasteiger partial charge in [-0.2, -0.15) is 5.10 Å². The van der Waals surface area contributed by atoms with Crippen molar-refractivity contribution in [2.75, 3.05) is 31.6 Å². The van der Waals surface area contributed by atoms with Crippen LogP contribution >= 0.6 is 0 Å². The van der Waals surface area contributed by atoms with Crippen LogP contribution in [0.3, 0.4) is 0 Å². The molecule has 0 bridgehead atoms. The van der Waals surface area contributed by atoms with E-state index in [1.165, 1.54) is 18.4 Å². The molecular formula is C22H30N4O2. The fourth-order valence-electron chi connectivity index (χ4n) is 4.23. The summed E-state index contributed by atoms with van der Waals surface area (Å²) in [5.74, 6) is 0.858. The maximum Gasteiger partial charge on any atom is 0.225 e. The molecule has 150 valence electrons. The lowest BCUT2D eigenvalue weighted by atomic mass is 10.0. The number of aromatic nitrogens is 2. The average Bonchev–Trinajstić information content (AvgIpc) is 3.40. The summed E-state index contributed by atoms with van der Waals surface area (Å²) in [6.45, 7) is 4.09. The molecular weight excluding hydrogens is 352 g/mol. The molecule has 0 radical (unpaired) electrons. The van der Waals surface area contributed by atoms with Crippen LogP contribution in [0.2, 0.25) is 0 Å². The first kappa shape index (κ1) is 19.2. The van der Waals surface area contributed by atoms with Crippen LogP contribution in [-0.4, -0.2) is 52.9 Å². The second-order valence-electron chi connectivity index (χ2n) is 7.86. The average molecular weight is 383 g/mol. The molecule has 3 heterocycles. The van der Waals surface area contributed by atoms with E-state index in [9.17, 15) is 4.79 Å². The van der Waals surface area contributed by atoms with Gasteiger partial charge in [-0.25, -0.2) is 4.68 Å². The zero-order chi connectivity index (χ0) is 19.2. The minimum Gasteiger partial charge on any atom is -0.377 e. The van der Waals surface area contributed by atoms with Gasteiger partial charge in [0.25, 0.3) is 0 Å². The van der Waals surface area contributed by atoms with Crippen LogP contribution in [0.1, 0.15) is 43.7 Å². The molecule has 2 aliphatic heterocycles. The number of ether oxygens (including phenoxy) is 1. The second kappa shape index (κ2) is 9.34. The summed E-state index contributed by atoms with van der Waals surface area (Å²) in [5.41, 5.74) is 1.18. The number of hydrogen-bond acceptors (Lipinski definition) is 4. The highest BCUT2D eigenvalue weighted by Crippen LogP contribution is 2.26. The molecule has 1 aromatic carbocycles. The fourth-order valence-corrected chi connectivity index (χ4v) is 4.23. The van der Waals surface area contributed by atoms with E-state index in [1.807, 2.05) is 28.9 Å². The first-order chi connectivity index (χ1) is 13.8. The minimum atomic E-state index is 0.0430. The number of carbonyl (C=O) groups is 1. The van der Waals surface area contributed by atoms with Gasteiger partial charge in [0, 0.05) is 38.7 Å². The van der Waals surface area contributed by atoms with Crippen LogP contribution < -0.4 is 5.32 Å². The minimum absolute atomic E-state index is 0.0430. The van der Waals surface area contributed by atoms with E-state index in [-0.39, 0.29) is 5.91 Å². The number of anilines is 1. The number of aryl methyl sites for hydroxylation is 1. The molecule has 2 saturated heterocycles. The number of likely N-dealkylation sites (tertiary alicyclic amines) is 1. The molecule has 1 amide bonds. The lowest BCUT2D eigenvalue weighted by molar-refractivity contribution is -0.116. The Morgan fingerprint density at radius 3 is 2.71 bits per heavy atom. The van der Waals surface area contributed by atoms with Crippen molar-refractivity contribution in [2.45, 2.75) is 50.7 Å². The van der Waals surface area contributed by atoms with E-state index in [0.29, 0.717) is 18.6 Å². The summed E-state index contributed by atoms with van der Waals surface area (Å²) >= 11 is 0. The van der Waals surface area contributed by atoms with E-state index in [1.54, 1.807) is 6.20 Å². The number of nitrogens with one attached hydrogen (secondary N) is 1. The van der Waals surface area contributed by atoms with Gasteiger partial charge in [-0.05, 0) is 37.7 Å². The smallest absolute Gasteiger partial charge is 0.225 e. The van der Waals surface area contributed by atoms with Crippen molar-refractivity contribution < 1.29 is 9.53 Å². The second-order valence-corrected chi connectivity index (χ2v) is 7.86. The van der Waals surface area contributed by atoms with Gasteiger partial charge in [0.1, 0.15) is 5.82 Å². The third-order valence-corrected chi connectivity index (χ3v) is 5.81. The lowest BCUT2D eigenvalue weighted by Gasteiger charge is -2.33. The topological polar surface area (TPSA) is 59.4 Å². The number of hydrogen-bond donors (Lipinski definition) is 1. The quantitative estimate of drug-likeness (QED) is 0.798. The fraction of sp³-hybridized carbons (Fsp3) is 0.545. The van der Waals surface area contributed by atoms with Gasteiger partial charge in [-0.1, -0.05) is 30.3 Å². The standard InChI is InChI=1S/C22H30N4O2/c27-22(9-8-18-5-2-1-3-6-18)24-21-10-13-23-26(21)19-11-14-25(15-12-19)17-20-7-4-16-28-20/h1-3,5-6,10,13,19-20H,4,7-9,11-12,14-17H2,(H,24,27)/t20-/m1/s1. The third kappa shape index (κ3) is 5.00. The van der Waals surface area contributed by atoms with Crippen molar-refractivity contribution in [1.29, 1.82) is 0 Å². The van der Waals surface area contributed by atoms with Crippen molar-refractivity contribution in [1.82, 2.24) is 14.7 Å². The molecule has 1 atom stereocenters. The Morgan fingerprint density at radius 2 is 1.96 bits per heavy atom. The van der Waals surface area contributed by atoms with Crippen LogP contribution in [0.25, 0.3) is 0 Å². The summed E-state index contributed by atoms with van der Waals surface area (Å²) in [4.78, 5) is 14.9. The summed E-state index contributed by atoms with van der Waals surface area (Å²) < 4.78 is 7.77. The van der Waals surface area contributed by atoms with Crippen LogP contribution in [0.15, 0.2) is 42.6 Å². The molecule has 4 rings (SSSR count). The van der Waals surface area contributed by atoms with Gasteiger partial charge in [-0.15, -0.1) is 0 Å². The van der Waals surface area contributed by atoms with E-state index in [2.05, 4.69) is 27.4 Å². The van der Waals surface area contributed by atoms with Gasteiger partial charge < -0.3 is 15.0 Å². The predicted molar refractivity (Wildman–Crippen MR) is 109 cm³/mol. The van der Waals surface area contributed by atoms with Crippen molar-refractivity contribution in [3.63, 3.8) is 0 Å². The highest BCUT2D eigenvalue weighted by molar-refractivity contribution is 5.89. The normalized spacial score (nSPS) is 21.1. The zero-order valence-electron chi connectivity index (χ0n) is 16.4. The Hall–Kier alpha value is -2.18. The first-order valence-electron chi connectivity index (χ1n) is 10.5. The molecule has 0 spiro atoms. The number of benzene rings is 1. The van der Waals surface area contributed by atoms with E-state index >= 15 is 0 Å². The summed E-state index contributed by atoms with van der Waals surface area (Å²) in [7, 11) is 0. The molecule has 1 aromatic heterocycles. The molecule has 2 aliphatic rings. The van der Waals surface area contributed by atoms with E-state index in [4.69, 9.17) is 4.74 Å². The highest BCUT2D eigenvalue weighted by atomic mass is 16.5. The number of piperidine rings is 1. The Morgan fingerprint density at radius 1 is 1.14 bits per heavy atom. The van der Waals surface area contributed by atoms with Gasteiger partial charge in [-0.3, -0.25) is 4.79 Å². The van der Waals surface area contributed by atoms with E-state index in [0.717, 1.165) is 51.3 Å². The van der Waals surface area contributed by atoms with Gasteiger partial charge in [0.05, 0.1) is 18.3 Å². The molecule has 0 aliphatic carbocycles. The molecule has 0 saturated carbocycles. The lowest BCUT2D eigenvalue weighted by Crippen LogP contribution is -2.39. The van der Waals surface area contributed by atoms with Gasteiger partial charge >= 0.3 is 0 Å².